The number of aryl methyl sites for hydroxylation is 1. The highest BCUT2D eigenvalue weighted by atomic mass is 16.7. The third kappa shape index (κ3) is 3.68. The van der Waals surface area contributed by atoms with Gasteiger partial charge in [0.1, 0.15) is 30.5 Å². The molecule has 0 unspecified atom stereocenters. The summed E-state index contributed by atoms with van der Waals surface area (Å²) < 4.78 is 17.1. The molecule has 0 radical (unpaired) electrons. The lowest BCUT2D eigenvalue weighted by molar-refractivity contribution is -0.232. The summed E-state index contributed by atoms with van der Waals surface area (Å²) in [5, 5.41) is 40.5. The van der Waals surface area contributed by atoms with Crippen LogP contribution in [0.5, 0.6) is 11.5 Å². The van der Waals surface area contributed by atoms with E-state index in [-0.39, 0.29) is 6.79 Å². The van der Waals surface area contributed by atoms with Gasteiger partial charge < -0.3 is 34.6 Å². The largest absolute Gasteiger partial charge is 0.453 e. The highest BCUT2D eigenvalue weighted by Gasteiger charge is 2.45. The maximum absolute atomic E-state index is 10.6. The number of ether oxygens (including phenoxy) is 3. The molecule has 2 aliphatic heterocycles. The molecule has 2 aromatic rings. The first kappa shape index (κ1) is 21.1. The van der Waals surface area contributed by atoms with Gasteiger partial charge in [-0.25, -0.2) is 0 Å². The number of rotatable bonds is 5. The second kappa shape index (κ2) is 8.53. The van der Waals surface area contributed by atoms with Crippen LogP contribution in [-0.4, -0.2) is 58.2 Å². The minimum absolute atomic E-state index is 0.0508. The molecule has 5 atom stereocenters. The smallest absolute Gasteiger partial charge is 0.231 e. The lowest BCUT2D eigenvalue weighted by Crippen LogP contribution is -2.55. The summed E-state index contributed by atoms with van der Waals surface area (Å²) in [5.41, 5.74) is 4.85. The molecule has 1 fully saturated rings. The lowest BCUT2D eigenvalue weighted by atomic mass is 9.88. The first-order valence-corrected chi connectivity index (χ1v) is 10.2. The number of hydrogen-bond acceptors (Lipinski definition) is 7. The van der Waals surface area contributed by atoms with E-state index < -0.39 is 37.1 Å². The normalized spacial score (nSPS) is 28.0. The van der Waals surface area contributed by atoms with E-state index in [1.54, 1.807) is 0 Å². The van der Waals surface area contributed by atoms with Gasteiger partial charge in [0.15, 0.2) is 11.5 Å². The van der Waals surface area contributed by atoms with Crippen molar-refractivity contribution in [2.75, 3.05) is 13.4 Å². The van der Waals surface area contributed by atoms with Crippen LogP contribution in [-0.2, 0) is 17.6 Å². The summed E-state index contributed by atoms with van der Waals surface area (Å²) in [6, 6.07) is 10.3. The predicted molar refractivity (Wildman–Crippen MR) is 109 cm³/mol. The van der Waals surface area contributed by atoms with Gasteiger partial charge in [0, 0.05) is 5.56 Å². The van der Waals surface area contributed by atoms with Gasteiger partial charge in [0.2, 0.25) is 6.79 Å². The second-order valence-electron chi connectivity index (χ2n) is 7.91. The third-order valence-corrected chi connectivity index (χ3v) is 6.05. The maximum atomic E-state index is 10.6. The van der Waals surface area contributed by atoms with Gasteiger partial charge >= 0.3 is 0 Å². The van der Waals surface area contributed by atoms with Crippen LogP contribution in [0.25, 0.3) is 0 Å². The van der Waals surface area contributed by atoms with Crippen molar-refractivity contribution in [1.82, 2.24) is 0 Å². The van der Waals surface area contributed by atoms with Gasteiger partial charge in [-0.05, 0) is 48.1 Å². The van der Waals surface area contributed by atoms with Crippen molar-refractivity contribution in [1.29, 1.82) is 0 Å². The quantitative estimate of drug-likeness (QED) is 0.583. The van der Waals surface area contributed by atoms with Crippen LogP contribution in [0.3, 0.4) is 0 Å². The Labute approximate surface area is 175 Å². The lowest BCUT2D eigenvalue weighted by Gasteiger charge is -2.40. The topological polar surface area (TPSA) is 109 Å². The van der Waals surface area contributed by atoms with Crippen LogP contribution in [0.1, 0.15) is 40.8 Å². The molecule has 0 aromatic heterocycles. The number of fused-ring (bicyclic) bond motifs is 1. The summed E-state index contributed by atoms with van der Waals surface area (Å²) in [7, 11) is 0. The van der Waals surface area contributed by atoms with E-state index >= 15 is 0 Å². The fourth-order valence-electron chi connectivity index (χ4n) is 4.15. The summed E-state index contributed by atoms with van der Waals surface area (Å²) in [6.07, 6.45) is -4.58. The van der Waals surface area contributed by atoms with Crippen LogP contribution in [0.15, 0.2) is 30.3 Å². The number of benzene rings is 2. The maximum Gasteiger partial charge on any atom is 0.231 e. The minimum Gasteiger partial charge on any atom is -0.453 e. The average Bonchev–Trinajstić information content (AvgIpc) is 3.26. The average molecular weight is 416 g/mol. The molecule has 2 aromatic carbocycles. The predicted octanol–water partition coefficient (Wildman–Crippen LogP) is 1.39. The molecule has 0 amide bonds. The van der Waals surface area contributed by atoms with Crippen molar-refractivity contribution >= 4 is 0 Å². The fraction of sp³-hybridized carbons (Fsp3) is 0.478. The SMILES string of the molecule is CCc1ccc(Cc2cc([C@@H]3O[C@H](CO)[C@@H](O)[C@H](O)[C@H]3O)c3c(c2C)OCO3)cc1. The Morgan fingerprint density at radius 1 is 0.933 bits per heavy atom. The van der Waals surface area contributed by atoms with Crippen molar-refractivity contribution in [3.8, 4) is 11.5 Å². The van der Waals surface area contributed by atoms with Gasteiger partial charge in [-0.3, -0.25) is 0 Å². The molecule has 162 valence electrons. The second-order valence-corrected chi connectivity index (χ2v) is 7.91. The van der Waals surface area contributed by atoms with E-state index in [9.17, 15) is 20.4 Å². The first-order chi connectivity index (χ1) is 14.4. The van der Waals surface area contributed by atoms with Crippen LogP contribution in [0.4, 0.5) is 0 Å². The van der Waals surface area contributed by atoms with Crippen molar-refractivity contribution in [2.45, 2.75) is 57.2 Å². The Morgan fingerprint density at radius 2 is 1.60 bits per heavy atom. The molecule has 0 saturated carbocycles. The molecule has 7 heteroatoms. The van der Waals surface area contributed by atoms with Crippen molar-refractivity contribution in [3.63, 3.8) is 0 Å². The molecule has 2 heterocycles. The molecule has 0 spiro atoms. The zero-order chi connectivity index (χ0) is 21.4. The molecular weight excluding hydrogens is 388 g/mol. The Balaban J connectivity index is 1.73. The molecule has 0 aliphatic carbocycles. The van der Waals surface area contributed by atoms with E-state index in [0.717, 1.165) is 23.1 Å². The molecule has 0 bridgehead atoms. The molecule has 7 nitrogen and oxygen atoms in total. The summed E-state index contributed by atoms with van der Waals surface area (Å²) in [6.45, 7) is 3.64. The number of aliphatic hydroxyl groups excluding tert-OH is 4. The Hall–Kier alpha value is -2.16. The van der Waals surface area contributed by atoms with E-state index in [1.165, 1.54) is 5.56 Å². The first-order valence-electron chi connectivity index (χ1n) is 10.2. The zero-order valence-electron chi connectivity index (χ0n) is 17.1. The molecule has 2 aliphatic rings. The molecular formula is C23H28O7. The third-order valence-electron chi connectivity index (χ3n) is 6.05. The van der Waals surface area contributed by atoms with E-state index in [2.05, 4.69) is 31.2 Å². The fourth-order valence-corrected chi connectivity index (χ4v) is 4.15. The molecule has 1 saturated heterocycles. The zero-order valence-corrected chi connectivity index (χ0v) is 17.1. The molecule has 30 heavy (non-hydrogen) atoms. The Bertz CT molecular complexity index is 893. The van der Waals surface area contributed by atoms with Gasteiger partial charge in [0.05, 0.1) is 6.61 Å². The van der Waals surface area contributed by atoms with Crippen molar-refractivity contribution in [3.05, 3.63) is 58.1 Å². The molecule has 4 N–H and O–H groups in total. The molecule has 4 rings (SSSR count). The highest BCUT2D eigenvalue weighted by molar-refractivity contribution is 5.58. The van der Waals surface area contributed by atoms with Gasteiger partial charge in [-0.15, -0.1) is 0 Å². The number of aliphatic hydroxyl groups is 4. The van der Waals surface area contributed by atoms with Crippen molar-refractivity contribution in [2.24, 2.45) is 0 Å². The van der Waals surface area contributed by atoms with Crippen LogP contribution < -0.4 is 9.47 Å². The highest BCUT2D eigenvalue weighted by Crippen LogP contribution is 2.46. The van der Waals surface area contributed by atoms with E-state index in [1.807, 2.05) is 13.0 Å². The number of hydrogen-bond donors (Lipinski definition) is 4. The summed E-state index contributed by atoms with van der Waals surface area (Å²) in [5.74, 6) is 1.05. The van der Waals surface area contributed by atoms with Crippen LogP contribution in [0, 0.1) is 6.92 Å². The van der Waals surface area contributed by atoms with Crippen molar-refractivity contribution < 1.29 is 34.6 Å². The monoisotopic (exact) mass is 416 g/mol. The van der Waals surface area contributed by atoms with E-state index in [0.29, 0.717) is 23.5 Å². The van der Waals surface area contributed by atoms with E-state index in [4.69, 9.17) is 14.2 Å². The van der Waals surface area contributed by atoms with Crippen LogP contribution in [0.2, 0.25) is 0 Å². The summed E-state index contributed by atoms with van der Waals surface area (Å²) >= 11 is 0. The van der Waals surface area contributed by atoms with Gasteiger partial charge in [-0.1, -0.05) is 31.2 Å². The Morgan fingerprint density at radius 3 is 2.27 bits per heavy atom. The summed E-state index contributed by atoms with van der Waals surface area (Å²) in [4.78, 5) is 0. The standard InChI is InChI=1S/C23H28O7/c1-3-13-4-6-14(7-5-13)8-15-9-16(23-21(12(15)2)28-11-29-23)22-20(27)19(26)18(25)17(10-24)30-22/h4-7,9,17-20,22,24-27H,3,8,10-11H2,1-2H3/t17-,18-,19+,20-,22+/m1/s1. The van der Waals surface area contributed by atoms with Gasteiger partial charge in [0.25, 0.3) is 0 Å². The minimum atomic E-state index is -1.45. The van der Waals surface area contributed by atoms with Crippen LogP contribution >= 0.6 is 0 Å². The van der Waals surface area contributed by atoms with Gasteiger partial charge in [-0.2, -0.15) is 0 Å². The Kier molecular flexibility index (Phi) is 5.99.